The Hall–Kier alpha value is -2.57. The Morgan fingerprint density at radius 2 is 1.88 bits per heavy atom. The van der Waals surface area contributed by atoms with Crippen LogP contribution >= 0.6 is 0 Å². The van der Waals surface area contributed by atoms with E-state index in [1.165, 1.54) is 0 Å². The molecule has 134 valence electrons. The average molecular weight is 345 g/mol. The van der Waals surface area contributed by atoms with Crippen LogP contribution in [0.3, 0.4) is 0 Å². The van der Waals surface area contributed by atoms with Crippen LogP contribution in [0.4, 0.5) is 4.79 Å². The molecule has 2 fully saturated rings. The smallest absolute Gasteiger partial charge is 0.315 e. The third kappa shape index (κ3) is 4.29. The number of piperidine rings is 1. The second-order valence-corrected chi connectivity index (χ2v) is 6.76. The number of nitrogens with one attached hydrogen (secondary N) is 2. The van der Waals surface area contributed by atoms with Gasteiger partial charge in [-0.15, -0.1) is 0 Å². The molecule has 1 saturated carbocycles. The lowest BCUT2D eigenvalue weighted by Gasteiger charge is -2.35. The first-order chi connectivity index (χ1) is 12.0. The SMILES string of the molecule is O=C(NC1CC(C(=O)O)C1)NC1CCCN(Cc2ccccc2)C1=O. The fourth-order valence-electron chi connectivity index (χ4n) is 3.36. The normalized spacial score (nSPS) is 25.8. The summed E-state index contributed by atoms with van der Waals surface area (Å²) in [5.74, 6) is -1.26. The van der Waals surface area contributed by atoms with Crippen LogP contribution in [-0.4, -0.2) is 46.5 Å². The molecule has 1 heterocycles. The molecular weight excluding hydrogens is 322 g/mol. The maximum Gasteiger partial charge on any atom is 0.315 e. The van der Waals surface area contributed by atoms with Gasteiger partial charge in [0, 0.05) is 19.1 Å². The van der Waals surface area contributed by atoms with Gasteiger partial charge in [-0.25, -0.2) is 4.79 Å². The van der Waals surface area contributed by atoms with E-state index in [4.69, 9.17) is 5.11 Å². The van der Waals surface area contributed by atoms with Gasteiger partial charge in [0.1, 0.15) is 6.04 Å². The molecule has 0 spiro atoms. The molecule has 1 aromatic rings. The molecule has 1 aliphatic heterocycles. The second-order valence-electron chi connectivity index (χ2n) is 6.76. The first-order valence-electron chi connectivity index (χ1n) is 8.65. The van der Waals surface area contributed by atoms with Crippen LogP contribution in [0.15, 0.2) is 30.3 Å². The highest BCUT2D eigenvalue weighted by atomic mass is 16.4. The number of benzene rings is 1. The lowest BCUT2D eigenvalue weighted by atomic mass is 9.80. The molecule has 3 amide bonds. The van der Waals surface area contributed by atoms with Crippen LogP contribution in [0.1, 0.15) is 31.2 Å². The Morgan fingerprint density at radius 1 is 1.16 bits per heavy atom. The summed E-state index contributed by atoms with van der Waals surface area (Å²) in [4.78, 5) is 37.2. The van der Waals surface area contributed by atoms with Crippen molar-refractivity contribution >= 4 is 17.9 Å². The summed E-state index contributed by atoms with van der Waals surface area (Å²) in [6, 6.07) is 8.73. The zero-order chi connectivity index (χ0) is 17.8. The quantitative estimate of drug-likeness (QED) is 0.750. The first-order valence-corrected chi connectivity index (χ1v) is 8.65. The Morgan fingerprint density at radius 3 is 2.56 bits per heavy atom. The van der Waals surface area contributed by atoms with Crippen LogP contribution in [-0.2, 0) is 16.1 Å². The molecule has 2 aliphatic rings. The van der Waals surface area contributed by atoms with Crippen molar-refractivity contribution in [1.29, 1.82) is 0 Å². The minimum Gasteiger partial charge on any atom is -0.481 e. The van der Waals surface area contributed by atoms with E-state index in [1.807, 2.05) is 30.3 Å². The molecule has 3 rings (SSSR count). The third-order valence-corrected chi connectivity index (χ3v) is 4.87. The van der Waals surface area contributed by atoms with Crippen molar-refractivity contribution in [3.8, 4) is 0 Å². The Bertz CT molecular complexity index is 643. The Balaban J connectivity index is 1.48. The van der Waals surface area contributed by atoms with E-state index in [-0.39, 0.29) is 17.9 Å². The number of likely N-dealkylation sites (tertiary alicyclic amines) is 1. The number of carbonyl (C=O) groups excluding carboxylic acids is 2. The van der Waals surface area contributed by atoms with Crippen molar-refractivity contribution in [1.82, 2.24) is 15.5 Å². The number of urea groups is 1. The Kier molecular flexibility index (Phi) is 5.21. The molecule has 1 aromatic carbocycles. The minimum atomic E-state index is -0.822. The first kappa shape index (κ1) is 17.3. The van der Waals surface area contributed by atoms with E-state index < -0.39 is 18.0 Å². The van der Waals surface area contributed by atoms with Crippen molar-refractivity contribution < 1.29 is 19.5 Å². The summed E-state index contributed by atoms with van der Waals surface area (Å²) in [7, 11) is 0. The predicted molar refractivity (Wildman–Crippen MR) is 90.7 cm³/mol. The number of carboxylic acid groups (broad SMARTS) is 1. The number of hydrogen-bond acceptors (Lipinski definition) is 3. The van der Waals surface area contributed by atoms with Gasteiger partial charge in [0.05, 0.1) is 5.92 Å². The molecule has 0 aromatic heterocycles. The lowest BCUT2D eigenvalue weighted by molar-refractivity contribution is -0.145. The Labute approximate surface area is 146 Å². The number of rotatable bonds is 5. The zero-order valence-electron chi connectivity index (χ0n) is 14.0. The summed E-state index contributed by atoms with van der Waals surface area (Å²) < 4.78 is 0. The number of amides is 3. The van der Waals surface area contributed by atoms with Gasteiger partial charge >= 0.3 is 12.0 Å². The second kappa shape index (κ2) is 7.55. The van der Waals surface area contributed by atoms with E-state index in [1.54, 1.807) is 4.90 Å². The van der Waals surface area contributed by atoms with E-state index in [2.05, 4.69) is 10.6 Å². The summed E-state index contributed by atoms with van der Waals surface area (Å²) in [5, 5.41) is 14.3. The fourth-order valence-corrected chi connectivity index (χ4v) is 3.36. The average Bonchev–Trinajstić information content (AvgIpc) is 2.55. The molecule has 0 bridgehead atoms. The van der Waals surface area contributed by atoms with Gasteiger partial charge in [-0.05, 0) is 31.2 Å². The highest BCUT2D eigenvalue weighted by molar-refractivity contribution is 5.87. The molecule has 3 N–H and O–H groups in total. The maximum atomic E-state index is 12.6. The number of aliphatic carboxylic acids is 1. The van der Waals surface area contributed by atoms with Crippen molar-refractivity contribution in [2.45, 2.75) is 44.3 Å². The summed E-state index contributed by atoms with van der Waals surface area (Å²) in [6.45, 7) is 1.23. The van der Waals surface area contributed by atoms with Crippen molar-refractivity contribution in [3.63, 3.8) is 0 Å². The van der Waals surface area contributed by atoms with Gasteiger partial charge in [-0.3, -0.25) is 9.59 Å². The molecule has 1 saturated heterocycles. The monoisotopic (exact) mass is 345 g/mol. The van der Waals surface area contributed by atoms with E-state index in [0.29, 0.717) is 32.4 Å². The predicted octanol–water partition coefficient (Wildman–Crippen LogP) is 1.34. The third-order valence-electron chi connectivity index (χ3n) is 4.87. The lowest BCUT2D eigenvalue weighted by Crippen LogP contribution is -2.57. The number of nitrogens with zero attached hydrogens (tertiary/aromatic N) is 1. The van der Waals surface area contributed by atoms with E-state index >= 15 is 0 Å². The molecule has 1 unspecified atom stereocenters. The van der Waals surface area contributed by atoms with Gasteiger partial charge in [0.25, 0.3) is 0 Å². The van der Waals surface area contributed by atoms with Crippen molar-refractivity contribution in [2.75, 3.05) is 6.54 Å². The molecule has 1 atom stereocenters. The zero-order valence-corrected chi connectivity index (χ0v) is 14.0. The molecule has 7 nitrogen and oxygen atoms in total. The van der Waals surface area contributed by atoms with Gasteiger partial charge in [-0.2, -0.15) is 0 Å². The van der Waals surface area contributed by atoms with Crippen LogP contribution in [0, 0.1) is 5.92 Å². The maximum absolute atomic E-state index is 12.6. The van der Waals surface area contributed by atoms with Gasteiger partial charge in [0.15, 0.2) is 0 Å². The van der Waals surface area contributed by atoms with Gasteiger partial charge in [0.2, 0.25) is 5.91 Å². The highest BCUT2D eigenvalue weighted by Crippen LogP contribution is 2.27. The number of carbonyl (C=O) groups is 3. The van der Waals surface area contributed by atoms with E-state index in [9.17, 15) is 14.4 Å². The van der Waals surface area contributed by atoms with Gasteiger partial charge in [-0.1, -0.05) is 30.3 Å². The largest absolute Gasteiger partial charge is 0.481 e. The molecular formula is C18H23N3O4. The van der Waals surface area contributed by atoms with Gasteiger partial charge < -0.3 is 20.6 Å². The summed E-state index contributed by atoms with van der Waals surface area (Å²) >= 11 is 0. The molecule has 1 aliphatic carbocycles. The summed E-state index contributed by atoms with van der Waals surface area (Å²) in [6.07, 6.45) is 2.36. The van der Waals surface area contributed by atoms with Crippen LogP contribution in [0.2, 0.25) is 0 Å². The van der Waals surface area contributed by atoms with E-state index in [0.717, 1.165) is 12.0 Å². The van der Waals surface area contributed by atoms with Crippen molar-refractivity contribution in [2.24, 2.45) is 5.92 Å². The number of hydrogen-bond donors (Lipinski definition) is 3. The highest BCUT2D eigenvalue weighted by Gasteiger charge is 2.36. The van der Waals surface area contributed by atoms with Crippen LogP contribution in [0.5, 0.6) is 0 Å². The fraction of sp³-hybridized carbons (Fsp3) is 0.500. The van der Waals surface area contributed by atoms with Crippen molar-refractivity contribution in [3.05, 3.63) is 35.9 Å². The minimum absolute atomic E-state index is 0.0673. The molecule has 7 heteroatoms. The van der Waals surface area contributed by atoms with Crippen LogP contribution in [0.25, 0.3) is 0 Å². The standard InChI is InChI=1S/C18H23N3O4/c22-16-15(20-18(25)19-14-9-13(10-14)17(23)24)7-4-8-21(16)11-12-5-2-1-3-6-12/h1-3,5-6,13-15H,4,7-11H2,(H,23,24)(H2,19,20,25). The molecule has 0 radical (unpaired) electrons. The summed E-state index contributed by atoms with van der Waals surface area (Å²) in [5.41, 5.74) is 1.06. The van der Waals surface area contributed by atoms with Crippen LogP contribution < -0.4 is 10.6 Å². The number of carboxylic acids is 1. The molecule has 25 heavy (non-hydrogen) atoms. The topological polar surface area (TPSA) is 98.7 Å².